The van der Waals surface area contributed by atoms with Crippen LogP contribution in [0.4, 0.5) is 0 Å². The normalized spacial score (nSPS) is 10.1. The fraction of sp³-hybridized carbons (Fsp3) is 0.273. The van der Waals surface area contributed by atoms with Crippen LogP contribution in [-0.2, 0) is 0 Å². The minimum atomic E-state index is 0.338. The maximum Gasteiger partial charge on any atom is 0.236 e. The molecule has 2 aromatic rings. The minimum absolute atomic E-state index is 0.338. The van der Waals surface area contributed by atoms with Crippen LogP contribution in [0.25, 0.3) is 10.7 Å². The summed E-state index contributed by atoms with van der Waals surface area (Å²) in [5, 5.41) is 0.598. The quantitative estimate of drug-likeness (QED) is 0.768. The van der Waals surface area contributed by atoms with E-state index in [2.05, 4.69) is 15.0 Å². The number of carbonyl (C=O) groups is 1. The van der Waals surface area contributed by atoms with Gasteiger partial charge in [0.2, 0.25) is 11.8 Å². The average Bonchev–Trinajstić information content (AvgIpc) is 2.82. The molecule has 0 atom stereocenters. The van der Waals surface area contributed by atoms with E-state index in [0.717, 1.165) is 6.29 Å². The van der Waals surface area contributed by atoms with Crippen LogP contribution in [0.2, 0.25) is 0 Å². The van der Waals surface area contributed by atoms with Crippen LogP contribution < -0.4 is 9.47 Å². The first-order valence-electron chi connectivity index (χ1n) is 5.23. The highest BCUT2D eigenvalue weighted by molar-refractivity contribution is 7.16. The molecular weight excluding hydrogens is 254 g/mol. The van der Waals surface area contributed by atoms with Gasteiger partial charge in [0, 0.05) is 6.07 Å². The molecule has 94 valence electrons. The summed E-state index contributed by atoms with van der Waals surface area (Å²) in [5.74, 6) is 0.783. The van der Waals surface area contributed by atoms with Gasteiger partial charge in [-0.05, 0) is 6.92 Å². The molecule has 2 aromatic heterocycles. The first kappa shape index (κ1) is 12.4. The van der Waals surface area contributed by atoms with Gasteiger partial charge in [0.15, 0.2) is 6.29 Å². The summed E-state index contributed by atoms with van der Waals surface area (Å²) in [6.45, 7) is 2.29. The van der Waals surface area contributed by atoms with Crippen molar-refractivity contribution >= 4 is 17.6 Å². The molecule has 2 rings (SSSR count). The Morgan fingerprint density at radius 2 is 2.28 bits per heavy atom. The monoisotopic (exact) mass is 265 g/mol. The van der Waals surface area contributed by atoms with Crippen LogP contribution in [0.1, 0.15) is 16.6 Å². The Morgan fingerprint density at radius 1 is 1.44 bits per heavy atom. The third-order valence-corrected chi connectivity index (χ3v) is 3.06. The molecular formula is C11H11N3O3S. The Bertz CT molecular complexity index is 556. The number of aldehydes is 1. The summed E-state index contributed by atoms with van der Waals surface area (Å²) in [7, 11) is 1.52. The SMILES string of the molecule is CCOc1nc(-c2cc(OC)ncn2)sc1C=O. The second kappa shape index (κ2) is 5.54. The van der Waals surface area contributed by atoms with Gasteiger partial charge in [0.1, 0.15) is 21.9 Å². The van der Waals surface area contributed by atoms with Gasteiger partial charge in [-0.2, -0.15) is 4.98 Å². The smallest absolute Gasteiger partial charge is 0.236 e. The molecule has 2 heterocycles. The van der Waals surface area contributed by atoms with Crippen molar-refractivity contribution in [1.29, 1.82) is 0 Å². The van der Waals surface area contributed by atoms with E-state index in [9.17, 15) is 4.79 Å². The summed E-state index contributed by atoms with van der Waals surface area (Å²) in [6.07, 6.45) is 2.11. The topological polar surface area (TPSA) is 74.2 Å². The van der Waals surface area contributed by atoms with Crippen LogP contribution >= 0.6 is 11.3 Å². The van der Waals surface area contributed by atoms with Crippen LogP contribution in [-0.4, -0.2) is 35.0 Å². The van der Waals surface area contributed by atoms with E-state index in [1.165, 1.54) is 24.8 Å². The lowest BCUT2D eigenvalue weighted by Gasteiger charge is -1.99. The van der Waals surface area contributed by atoms with Crippen molar-refractivity contribution in [3.8, 4) is 22.5 Å². The van der Waals surface area contributed by atoms with E-state index >= 15 is 0 Å². The Kier molecular flexibility index (Phi) is 3.83. The maximum atomic E-state index is 10.9. The van der Waals surface area contributed by atoms with Crippen molar-refractivity contribution in [2.75, 3.05) is 13.7 Å². The molecule has 0 spiro atoms. The highest BCUT2D eigenvalue weighted by Crippen LogP contribution is 2.31. The molecule has 0 fully saturated rings. The second-order valence-electron chi connectivity index (χ2n) is 3.18. The predicted molar refractivity (Wildman–Crippen MR) is 66.2 cm³/mol. The number of nitrogens with zero attached hydrogens (tertiary/aromatic N) is 3. The summed E-state index contributed by atoms with van der Waals surface area (Å²) in [4.78, 5) is 23.6. The fourth-order valence-electron chi connectivity index (χ4n) is 1.31. The van der Waals surface area contributed by atoms with Crippen LogP contribution in [0, 0.1) is 0 Å². The van der Waals surface area contributed by atoms with Gasteiger partial charge in [-0.15, -0.1) is 11.3 Å². The molecule has 18 heavy (non-hydrogen) atoms. The molecule has 0 aromatic carbocycles. The lowest BCUT2D eigenvalue weighted by atomic mass is 10.4. The fourth-order valence-corrected chi connectivity index (χ4v) is 2.10. The molecule has 0 bridgehead atoms. The number of carbonyl (C=O) groups excluding carboxylic acids is 1. The molecule has 0 unspecified atom stereocenters. The van der Waals surface area contributed by atoms with Gasteiger partial charge in [-0.3, -0.25) is 4.79 Å². The van der Waals surface area contributed by atoms with E-state index in [0.29, 0.717) is 33.9 Å². The van der Waals surface area contributed by atoms with Crippen LogP contribution in [0.15, 0.2) is 12.4 Å². The largest absolute Gasteiger partial charge is 0.481 e. The van der Waals surface area contributed by atoms with Crippen LogP contribution in [0.5, 0.6) is 11.8 Å². The van der Waals surface area contributed by atoms with E-state index in [-0.39, 0.29) is 0 Å². The van der Waals surface area contributed by atoms with Gasteiger partial charge < -0.3 is 9.47 Å². The van der Waals surface area contributed by atoms with Gasteiger partial charge in [0.05, 0.1) is 13.7 Å². The lowest BCUT2D eigenvalue weighted by molar-refractivity contribution is 0.112. The van der Waals surface area contributed by atoms with E-state index in [1.807, 2.05) is 6.92 Å². The molecule has 0 amide bonds. The number of thiazole rings is 1. The zero-order valence-electron chi connectivity index (χ0n) is 9.91. The molecule has 0 N–H and O–H groups in total. The van der Waals surface area contributed by atoms with E-state index in [1.54, 1.807) is 6.07 Å². The van der Waals surface area contributed by atoms with Gasteiger partial charge in [-0.1, -0.05) is 0 Å². The lowest BCUT2D eigenvalue weighted by Crippen LogP contribution is -1.94. The second-order valence-corrected chi connectivity index (χ2v) is 4.22. The Morgan fingerprint density at radius 3 is 2.94 bits per heavy atom. The predicted octanol–water partition coefficient (Wildman–Crippen LogP) is 1.82. The standard InChI is InChI=1S/C11H11N3O3S/c1-3-17-10-8(5-15)18-11(14-10)7-4-9(16-2)13-6-12-7/h4-6H,3H2,1-2H3. The number of hydrogen-bond acceptors (Lipinski definition) is 7. The zero-order chi connectivity index (χ0) is 13.0. The van der Waals surface area contributed by atoms with Gasteiger partial charge >= 0.3 is 0 Å². The molecule has 0 aliphatic heterocycles. The maximum absolute atomic E-state index is 10.9. The van der Waals surface area contributed by atoms with Crippen molar-refractivity contribution in [2.24, 2.45) is 0 Å². The molecule has 0 radical (unpaired) electrons. The highest BCUT2D eigenvalue weighted by atomic mass is 32.1. The molecule has 6 nitrogen and oxygen atoms in total. The number of hydrogen-bond donors (Lipinski definition) is 0. The Labute approximate surface area is 108 Å². The first-order chi connectivity index (χ1) is 8.78. The van der Waals surface area contributed by atoms with Gasteiger partial charge in [0.25, 0.3) is 0 Å². The molecule has 7 heteroatoms. The number of methoxy groups -OCH3 is 1. The van der Waals surface area contributed by atoms with Crippen molar-refractivity contribution < 1.29 is 14.3 Å². The van der Waals surface area contributed by atoms with Crippen LogP contribution in [0.3, 0.4) is 0 Å². The summed E-state index contributed by atoms with van der Waals surface area (Å²) >= 11 is 1.22. The summed E-state index contributed by atoms with van der Waals surface area (Å²) < 4.78 is 10.3. The molecule has 0 saturated carbocycles. The molecule has 0 aliphatic rings. The summed E-state index contributed by atoms with van der Waals surface area (Å²) in [5.41, 5.74) is 0.598. The number of rotatable bonds is 5. The summed E-state index contributed by atoms with van der Waals surface area (Å²) in [6, 6.07) is 1.66. The Hall–Kier alpha value is -2.02. The third-order valence-electron chi connectivity index (χ3n) is 2.08. The number of aromatic nitrogens is 3. The third kappa shape index (κ3) is 2.45. The molecule has 0 saturated heterocycles. The van der Waals surface area contributed by atoms with Crippen molar-refractivity contribution in [3.63, 3.8) is 0 Å². The van der Waals surface area contributed by atoms with E-state index < -0.39 is 0 Å². The number of ether oxygens (including phenoxy) is 2. The molecule has 0 aliphatic carbocycles. The highest BCUT2D eigenvalue weighted by Gasteiger charge is 2.14. The van der Waals surface area contributed by atoms with Gasteiger partial charge in [-0.25, -0.2) is 9.97 Å². The van der Waals surface area contributed by atoms with E-state index in [4.69, 9.17) is 9.47 Å². The minimum Gasteiger partial charge on any atom is -0.481 e. The first-order valence-corrected chi connectivity index (χ1v) is 6.05. The van der Waals surface area contributed by atoms with Crippen molar-refractivity contribution in [2.45, 2.75) is 6.92 Å². The zero-order valence-corrected chi connectivity index (χ0v) is 10.7. The van der Waals surface area contributed by atoms with Crippen molar-refractivity contribution in [1.82, 2.24) is 15.0 Å². The average molecular weight is 265 g/mol. The Balaban J connectivity index is 2.40. The van der Waals surface area contributed by atoms with Crippen molar-refractivity contribution in [3.05, 3.63) is 17.3 Å².